The van der Waals surface area contributed by atoms with Crippen LogP contribution in [0.15, 0.2) is 77.7 Å². The topological polar surface area (TPSA) is 90.3 Å². The number of rotatable bonds is 4. The van der Waals surface area contributed by atoms with Crippen LogP contribution < -0.4 is 5.32 Å². The third-order valence-corrected chi connectivity index (χ3v) is 4.54. The summed E-state index contributed by atoms with van der Waals surface area (Å²) in [6.07, 6.45) is 4.78. The Morgan fingerprint density at radius 1 is 1.07 bits per heavy atom. The zero-order valence-corrected chi connectivity index (χ0v) is 15.6. The molecule has 142 valence electrons. The van der Waals surface area contributed by atoms with E-state index in [9.17, 15) is 4.79 Å². The number of halogens is 1. The molecule has 0 aliphatic heterocycles. The summed E-state index contributed by atoms with van der Waals surface area (Å²) in [5, 5.41) is 12.0. The second-order valence-electron chi connectivity index (χ2n) is 6.17. The molecule has 0 aliphatic rings. The minimum Gasteiger partial charge on any atom is -0.463 e. The van der Waals surface area contributed by atoms with Crippen molar-refractivity contribution in [2.24, 2.45) is 0 Å². The molecule has 0 unspecified atom stereocenters. The lowest BCUT2D eigenvalue weighted by molar-refractivity contribution is 0.102. The van der Waals surface area contributed by atoms with Crippen LogP contribution in [0.3, 0.4) is 0 Å². The van der Waals surface area contributed by atoms with Crippen molar-refractivity contribution in [3.8, 4) is 17.1 Å². The van der Waals surface area contributed by atoms with E-state index in [1.807, 2.05) is 12.1 Å². The van der Waals surface area contributed by atoms with Gasteiger partial charge in [-0.15, -0.1) is 0 Å². The predicted molar refractivity (Wildman–Crippen MR) is 107 cm³/mol. The molecule has 8 nitrogen and oxygen atoms in total. The molecule has 5 rings (SSSR count). The van der Waals surface area contributed by atoms with Crippen LogP contribution in [0.4, 0.5) is 5.82 Å². The number of carbonyl (C=O) groups excluding carboxylic acids is 1. The van der Waals surface area contributed by atoms with Crippen molar-refractivity contribution in [1.29, 1.82) is 0 Å². The van der Waals surface area contributed by atoms with E-state index in [0.717, 1.165) is 0 Å². The molecule has 1 aromatic carbocycles. The van der Waals surface area contributed by atoms with Crippen molar-refractivity contribution in [1.82, 2.24) is 24.4 Å². The Bertz CT molecular complexity index is 1320. The Hall–Kier alpha value is -3.91. The molecule has 1 amide bonds. The number of amides is 1. The molecule has 0 atom stereocenters. The Balaban J connectivity index is 1.56. The number of anilines is 1. The van der Waals surface area contributed by atoms with Gasteiger partial charge in [-0.25, -0.2) is 9.67 Å². The van der Waals surface area contributed by atoms with Gasteiger partial charge in [0.05, 0.1) is 18.1 Å². The largest absolute Gasteiger partial charge is 0.463 e. The third-order valence-electron chi connectivity index (χ3n) is 4.30. The Morgan fingerprint density at radius 3 is 2.83 bits per heavy atom. The van der Waals surface area contributed by atoms with Crippen LogP contribution in [-0.4, -0.2) is 30.3 Å². The van der Waals surface area contributed by atoms with E-state index in [1.165, 1.54) is 0 Å². The van der Waals surface area contributed by atoms with Gasteiger partial charge in [0.25, 0.3) is 5.91 Å². The maximum Gasteiger partial charge on any atom is 0.277 e. The van der Waals surface area contributed by atoms with Gasteiger partial charge in [0.2, 0.25) is 0 Å². The van der Waals surface area contributed by atoms with Gasteiger partial charge in [0.1, 0.15) is 11.5 Å². The molecular weight excluding hydrogens is 392 g/mol. The lowest BCUT2D eigenvalue weighted by Gasteiger charge is -2.06. The van der Waals surface area contributed by atoms with Crippen molar-refractivity contribution < 1.29 is 9.21 Å². The molecule has 1 N–H and O–H groups in total. The van der Waals surface area contributed by atoms with Crippen LogP contribution in [0.1, 0.15) is 10.5 Å². The van der Waals surface area contributed by atoms with Gasteiger partial charge in [-0.05, 0) is 36.4 Å². The minimum absolute atomic E-state index is 0.216. The average molecular weight is 405 g/mol. The van der Waals surface area contributed by atoms with E-state index < -0.39 is 0 Å². The summed E-state index contributed by atoms with van der Waals surface area (Å²) in [7, 11) is 0. The molecule has 0 fully saturated rings. The molecule has 9 heteroatoms. The number of nitrogens with one attached hydrogen (secondary N) is 1. The second-order valence-corrected chi connectivity index (χ2v) is 6.61. The number of benzene rings is 1. The molecule has 0 saturated heterocycles. The smallest absolute Gasteiger partial charge is 0.277 e. The maximum absolute atomic E-state index is 12.9. The number of aromatic nitrogens is 5. The van der Waals surface area contributed by atoms with Gasteiger partial charge >= 0.3 is 0 Å². The monoisotopic (exact) mass is 404 g/mol. The number of carbonyl (C=O) groups is 1. The summed E-state index contributed by atoms with van der Waals surface area (Å²) >= 11 is 6.13. The molecule has 0 saturated carbocycles. The van der Waals surface area contributed by atoms with E-state index in [-0.39, 0.29) is 11.6 Å². The maximum atomic E-state index is 12.9. The first-order valence-corrected chi connectivity index (χ1v) is 9.07. The highest BCUT2D eigenvalue weighted by Crippen LogP contribution is 2.26. The Labute approximate surface area is 169 Å². The first kappa shape index (κ1) is 17.2. The fraction of sp³-hybridized carbons (Fsp3) is 0. The first-order valence-electron chi connectivity index (χ1n) is 8.69. The van der Waals surface area contributed by atoms with Crippen LogP contribution in [0.25, 0.3) is 22.8 Å². The molecule has 0 bridgehead atoms. The van der Waals surface area contributed by atoms with Crippen molar-refractivity contribution in [3.63, 3.8) is 0 Å². The van der Waals surface area contributed by atoms with E-state index in [2.05, 4.69) is 20.5 Å². The highest BCUT2D eigenvalue weighted by Gasteiger charge is 2.19. The number of hydrogen-bond donors (Lipinski definition) is 1. The summed E-state index contributed by atoms with van der Waals surface area (Å²) in [5.74, 6) is 0.679. The van der Waals surface area contributed by atoms with Crippen LogP contribution in [0.2, 0.25) is 5.02 Å². The second kappa shape index (κ2) is 6.92. The Morgan fingerprint density at radius 2 is 2.00 bits per heavy atom. The van der Waals surface area contributed by atoms with Gasteiger partial charge in [-0.3, -0.25) is 4.79 Å². The molecule has 5 aromatic rings. The SMILES string of the molecule is O=C(Nc1ccnc2ccnn12)c1cc(-c2ccco2)n(-c2cccc(Cl)c2)n1. The summed E-state index contributed by atoms with van der Waals surface area (Å²) in [4.78, 5) is 17.1. The van der Waals surface area contributed by atoms with Crippen LogP contribution in [0.5, 0.6) is 0 Å². The normalized spacial score (nSPS) is 11.1. The van der Waals surface area contributed by atoms with Crippen molar-refractivity contribution in [2.45, 2.75) is 0 Å². The average Bonchev–Trinajstić information content (AvgIpc) is 3.47. The number of fused-ring (bicyclic) bond motifs is 1. The van der Waals surface area contributed by atoms with Crippen LogP contribution in [0, 0.1) is 0 Å². The van der Waals surface area contributed by atoms with E-state index in [0.29, 0.717) is 33.6 Å². The highest BCUT2D eigenvalue weighted by molar-refractivity contribution is 6.30. The molecule has 29 heavy (non-hydrogen) atoms. The Kier molecular flexibility index (Phi) is 4.10. The summed E-state index contributed by atoms with van der Waals surface area (Å²) < 4.78 is 8.68. The van der Waals surface area contributed by atoms with Crippen molar-refractivity contribution in [3.05, 3.63) is 84.0 Å². The summed E-state index contributed by atoms with van der Waals surface area (Å²) in [5.41, 5.74) is 2.18. The zero-order chi connectivity index (χ0) is 19.8. The van der Waals surface area contributed by atoms with E-state index in [4.69, 9.17) is 16.0 Å². The van der Waals surface area contributed by atoms with Gasteiger partial charge in [-0.1, -0.05) is 17.7 Å². The molecule has 4 aromatic heterocycles. The lowest BCUT2D eigenvalue weighted by Crippen LogP contribution is -2.16. The number of furan rings is 1. The summed E-state index contributed by atoms with van der Waals surface area (Å²) in [6, 6.07) is 15.9. The number of nitrogens with zero attached hydrogens (tertiary/aromatic N) is 5. The van der Waals surface area contributed by atoms with Crippen molar-refractivity contribution >= 4 is 29.0 Å². The van der Waals surface area contributed by atoms with Crippen molar-refractivity contribution in [2.75, 3.05) is 5.32 Å². The quantitative estimate of drug-likeness (QED) is 0.487. The fourth-order valence-corrected chi connectivity index (χ4v) is 3.19. The fourth-order valence-electron chi connectivity index (χ4n) is 3.01. The highest BCUT2D eigenvalue weighted by atomic mass is 35.5. The third kappa shape index (κ3) is 3.15. The van der Waals surface area contributed by atoms with Gasteiger partial charge < -0.3 is 9.73 Å². The number of hydrogen-bond acceptors (Lipinski definition) is 5. The van der Waals surface area contributed by atoms with E-state index in [1.54, 1.807) is 70.3 Å². The molecule has 0 aliphatic carbocycles. The molecule has 0 spiro atoms. The van der Waals surface area contributed by atoms with Gasteiger partial charge in [0, 0.05) is 23.4 Å². The van der Waals surface area contributed by atoms with Crippen LogP contribution >= 0.6 is 11.6 Å². The zero-order valence-electron chi connectivity index (χ0n) is 14.9. The first-order chi connectivity index (χ1) is 14.2. The molecular formula is C20H13ClN6O2. The van der Waals surface area contributed by atoms with Crippen LogP contribution in [-0.2, 0) is 0 Å². The van der Waals surface area contributed by atoms with E-state index >= 15 is 0 Å². The standard InChI is InChI=1S/C20H13ClN6O2/c21-13-3-1-4-14(11-13)26-16(17-5-2-10-29-17)12-15(25-26)20(28)24-19-6-8-22-18-7-9-23-27(18)19/h1-12H,(H,24,28). The minimum atomic E-state index is -0.387. The van der Waals surface area contributed by atoms with Gasteiger partial charge in [0.15, 0.2) is 17.1 Å². The lowest BCUT2D eigenvalue weighted by atomic mass is 10.2. The summed E-state index contributed by atoms with van der Waals surface area (Å²) in [6.45, 7) is 0. The molecule has 4 heterocycles. The van der Waals surface area contributed by atoms with Gasteiger partial charge in [-0.2, -0.15) is 14.7 Å². The predicted octanol–water partition coefficient (Wildman–Crippen LogP) is 4.08. The molecule has 0 radical (unpaired) electrons.